The number of rotatable bonds is 8. The van der Waals surface area contributed by atoms with Gasteiger partial charge in [0.05, 0.1) is 11.8 Å². The van der Waals surface area contributed by atoms with E-state index in [0.29, 0.717) is 26.2 Å². The number of amides is 1. The van der Waals surface area contributed by atoms with Crippen LogP contribution in [-0.2, 0) is 10.0 Å². The highest BCUT2D eigenvalue weighted by molar-refractivity contribution is 7.89. The number of nitro groups is 1. The molecule has 2 aromatic rings. The fourth-order valence-electron chi connectivity index (χ4n) is 3.10. The van der Waals surface area contributed by atoms with Gasteiger partial charge in [-0.05, 0) is 36.8 Å². The second-order valence-corrected chi connectivity index (χ2v) is 8.77. The van der Waals surface area contributed by atoms with E-state index in [0.717, 1.165) is 11.8 Å². The molecule has 0 atom stereocenters. The molecule has 1 N–H and O–H groups in total. The molecule has 2 heterocycles. The van der Waals surface area contributed by atoms with Crippen molar-refractivity contribution >= 4 is 27.5 Å². The summed E-state index contributed by atoms with van der Waals surface area (Å²) in [5.74, 6) is -1.85. The first-order chi connectivity index (χ1) is 14.3. The molecular formula is C18H21FN4O6S. The number of hydrogen-bond donors (Lipinski definition) is 1. The van der Waals surface area contributed by atoms with Gasteiger partial charge < -0.3 is 14.6 Å². The molecule has 1 saturated heterocycles. The van der Waals surface area contributed by atoms with E-state index in [9.17, 15) is 27.7 Å². The molecule has 0 bridgehead atoms. The van der Waals surface area contributed by atoms with Gasteiger partial charge in [-0.25, -0.2) is 12.8 Å². The van der Waals surface area contributed by atoms with Crippen molar-refractivity contribution in [3.05, 3.63) is 58.1 Å². The summed E-state index contributed by atoms with van der Waals surface area (Å²) in [6.45, 7) is 1.73. The average molecular weight is 440 g/mol. The zero-order valence-corrected chi connectivity index (χ0v) is 16.8. The minimum atomic E-state index is -3.48. The number of nitrogens with one attached hydrogen (secondary N) is 1. The molecule has 1 aromatic heterocycles. The lowest BCUT2D eigenvalue weighted by Crippen LogP contribution is -2.49. The van der Waals surface area contributed by atoms with Crippen LogP contribution in [0.5, 0.6) is 0 Å². The molecule has 1 amide bonds. The summed E-state index contributed by atoms with van der Waals surface area (Å²) in [4.78, 5) is 23.7. The second kappa shape index (κ2) is 9.22. The van der Waals surface area contributed by atoms with E-state index in [1.165, 1.54) is 22.5 Å². The molecule has 30 heavy (non-hydrogen) atoms. The van der Waals surface area contributed by atoms with Crippen LogP contribution in [-0.4, -0.2) is 62.0 Å². The van der Waals surface area contributed by atoms with Gasteiger partial charge in [0.15, 0.2) is 5.76 Å². The highest BCUT2D eigenvalue weighted by atomic mass is 32.2. The lowest BCUT2D eigenvalue weighted by molar-refractivity contribution is -0.402. The third-order valence-corrected chi connectivity index (χ3v) is 6.64. The first-order valence-corrected chi connectivity index (χ1v) is 10.9. The summed E-state index contributed by atoms with van der Waals surface area (Å²) < 4.78 is 44.3. The first-order valence-electron chi connectivity index (χ1n) is 9.27. The Bertz CT molecular complexity index is 1000. The average Bonchev–Trinajstić information content (AvgIpc) is 3.23. The zero-order chi connectivity index (χ0) is 21.7. The predicted molar refractivity (Wildman–Crippen MR) is 106 cm³/mol. The Labute approximate surface area is 172 Å². The number of benzene rings is 1. The predicted octanol–water partition coefficient (Wildman–Crippen LogP) is 1.60. The van der Waals surface area contributed by atoms with Crippen LogP contribution in [0.1, 0.15) is 17.0 Å². The molecule has 0 aliphatic carbocycles. The highest BCUT2D eigenvalue weighted by Gasteiger charge is 2.26. The number of sulfonamides is 1. The van der Waals surface area contributed by atoms with Crippen molar-refractivity contribution in [1.29, 1.82) is 0 Å². The topological polar surface area (TPSA) is 126 Å². The van der Waals surface area contributed by atoms with Gasteiger partial charge in [-0.3, -0.25) is 14.9 Å². The Balaban J connectivity index is 1.42. The van der Waals surface area contributed by atoms with Gasteiger partial charge in [0.25, 0.3) is 5.91 Å². The number of hydrogen-bond acceptors (Lipinski definition) is 7. The van der Waals surface area contributed by atoms with Gasteiger partial charge >= 0.3 is 5.88 Å². The molecule has 1 fully saturated rings. The number of halogens is 1. The van der Waals surface area contributed by atoms with E-state index < -0.39 is 26.7 Å². The zero-order valence-electron chi connectivity index (χ0n) is 16.0. The van der Waals surface area contributed by atoms with Crippen LogP contribution < -0.4 is 10.2 Å². The van der Waals surface area contributed by atoms with E-state index in [2.05, 4.69) is 5.32 Å². The summed E-state index contributed by atoms with van der Waals surface area (Å²) in [6, 6.07) is 8.32. The monoisotopic (exact) mass is 440 g/mol. The number of carbonyl (C=O) groups is 1. The number of nitrogens with zero attached hydrogens (tertiary/aromatic N) is 3. The molecule has 0 saturated carbocycles. The first kappa shape index (κ1) is 21.7. The molecule has 0 radical (unpaired) electrons. The molecular weight excluding hydrogens is 419 g/mol. The lowest BCUT2D eigenvalue weighted by Gasteiger charge is -2.35. The maximum Gasteiger partial charge on any atom is 0.433 e. The Hall–Kier alpha value is -2.99. The van der Waals surface area contributed by atoms with Crippen molar-refractivity contribution in [2.24, 2.45) is 0 Å². The molecule has 1 aliphatic rings. The quantitative estimate of drug-likeness (QED) is 0.375. The van der Waals surface area contributed by atoms with Crippen LogP contribution in [0.3, 0.4) is 0 Å². The molecule has 0 unspecified atom stereocenters. The number of anilines is 1. The third kappa shape index (κ3) is 5.33. The molecule has 1 aromatic carbocycles. The SMILES string of the molecule is O=C(NCCCS(=O)(=O)N1CCN(c2ccc(F)cc2)CC1)c1ccc([N+](=O)[O-])o1. The molecule has 12 heteroatoms. The van der Waals surface area contributed by atoms with Crippen LogP contribution in [0.4, 0.5) is 16.0 Å². The van der Waals surface area contributed by atoms with Crippen molar-refractivity contribution in [3.8, 4) is 0 Å². The Morgan fingerprint density at radius 2 is 1.80 bits per heavy atom. The normalized spacial score (nSPS) is 15.2. The molecule has 10 nitrogen and oxygen atoms in total. The van der Waals surface area contributed by atoms with E-state index in [1.807, 2.05) is 4.90 Å². The standard InChI is InChI=1S/C18H21FN4O6S/c19-14-2-4-15(5-3-14)21-9-11-22(12-10-21)30(27,28)13-1-8-20-18(24)16-6-7-17(29-16)23(25)26/h2-7H,1,8-13H2,(H,20,24). The van der Waals surface area contributed by atoms with Gasteiger partial charge in [0.2, 0.25) is 10.0 Å². The minimum Gasteiger partial charge on any atom is -0.395 e. The summed E-state index contributed by atoms with van der Waals surface area (Å²) in [6.07, 6.45) is 0.190. The number of carbonyl (C=O) groups excluding carboxylic acids is 1. The molecule has 0 spiro atoms. The van der Waals surface area contributed by atoms with Gasteiger partial charge in [0, 0.05) is 38.4 Å². The van der Waals surface area contributed by atoms with Gasteiger partial charge in [-0.2, -0.15) is 4.31 Å². The van der Waals surface area contributed by atoms with E-state index in [-0.39, 0.29) is 30.3 Å². The summed E-state index contributed by atoms with van der Waals surface area (Å²) >= 11 is 0. The van der Waals surface area contributed by atoms with Crippen molar-refractivity contribution in [2.45, 2.75) is 6.42 Å². The number of piperazine rings is 1. The largest absolute Gasteiger partial charge is 0.433 e. The molecule has 3 rings (SSSR count). The maximum absolute atomic E-state index is 13.0. The lowest BCUT2D eigenvalue weighted by atomic mass is 10.2. The summed E-state index contributed by atoms with van der Waals surface area (Å²) in [7, 11) is -3.48. The fraction of sp³-hybridized carbons (Fsp3) is 0.389. The minimum absolute atomic E-state index is 0.0854. The Morgan fingerprint density at radius 3 is 2.40 bits per heavy atom. The van der Waals surface area contributed by atoms with Crippen LogP contribution in [0, 0.1) is 15.9 Å². The van der Waals surface area contributed by atoms with Gasteiger partial charge in [-0.1, -0.05) is 0 Å². The maximum atomic E-state index is 13.0. The summed E-state index contributed by atoms with van der Waals surface area (Å²) in [5.41, 5.74) is 0.842. The van der Waals surface area contributed by atoms with E-state index in [4.69, 9.17) is 4.42 Å². The second-order valence-electron chi connectivity index (χ2n) is 6.68. The van der Waals surface area contributed by atoms with Crippen LogP contribution in [0.15, 0.2) is 40.8 Å². The third-order valence-electron chi connectivity index (χ3n) is 4.68. The van der Waals surface area contributed by atoms with Crippen molar-refractivity contribution in [2.75, 3.05) is 43.4 Å². The van der Waals surface area contributed by atoms with Crippen molar-refractivity contribution < 1.29 is 26.9 Å². The summed E-state index contributed by atoms with van der Waals surface area (Å²) in [5, 5.41) is 13.0. The van der Waals surface area contributed by atoms with Crippen molar-refractivity contribution in [3.63, 3.8) is 0 Å². The molecule has 162 valence electrons. The Morgan fingerprint density at radius 1 is 1.13 bits per heavy atom. The van der Waals surface area contributed by atoms with E-state index >= 15 is 0 Å². The smallest absolute Gasteiger partial charge is 0.395 e. The van der Waals surface area contributed by atoms with Gasteiger partial charge in [-0.15, -0.1) is 0 Å². The highest BCUT2D eigenvalue weighted by Crippen LogP contribution is 2.18. The Kier molecular flexibility index (Phi) is 6.67. The molecule has 1 aliphatic heterocycles. The van der Waals surface area contributed by atoms with Crippen LogP contribution in [0.25, 0.3) is 0 Å². The van der Waals surface area contributed by atoms with Crippen molar-refractivity contribution in [1.82, 2.24) is 9.62 Å². The fourth-order valence-corrected chi connectivity index (χ4v) is 4.58. The van der Waals surface area contributed by atoms with E-state index in [1.54, 1.807) is 12.1 Å². The van der Waals surface area contributed by atoms with Crippen LogP contribution in [0.2, 0.25) is 0 Å². The number of furan rings is 1. The van der Waals surface area contributed by atoms with Crippen LogP contribution >= 0.6 is 0 Å². The van der Waals surface area contributed by atoms with Gasteiger partial charge in [0.1, 0.15) is 10.7 Å².